The molecule has 32 heavy (non-hydrogen) atoms. The van der Waals surface area contributed by atoms with Crippen LogP contribution in [0.2, 0.25) is 5.02 Å². The quantitative estimate of drug-likeness (QED) is 0.645. The van der Waals surface area contributed by atoms with Crippen LogP contribution >= 0.6 is 11.6 Å². The molecule has 3 rings (SSSR count). The first-order valence-corrected chi connectivity index (χ1v) is 10.6. The zero-order chi connectivity index (χ0) is 23.8. The van der Waals surface area contributed by atoms with Gasteiger partial charge in [-0.05, 0) is 25.0 Å². The van der Waals surface area contributed by atoms with Gasteiger partial charge in [-0.2, -0.15) is 18.2 Å². The molecule has 0 N–H and O–H groups in total. The molecular weight excluding hydrogens is 447 g/mol. The van der Waals surface area contributed by atoms with Gasteiger partial charge >= 0.3 is 6.18 Å². The number of amides is 1. The zero-order valence-corrected chi connectivity index (χ0v) is 19.5. The molecule has 0 saturated carbocycles. The third-order valence-electron chi connectivity index (χ3n) is 5.43. The van der Waals surface area contributed by atoms with Crippen LogP contribution in [0.4, 0.5) is 13.2 Å². The Kier molecular flexibility index (Phi) is 6.81. The third-order valence-corrected chi connectivity index (χ3v) is 5.71. The van der Waals surface area contributed by atoms with Crippen molar-refractivity contribution in [3.63, 3.8) is 0 Å². The first kappa shape index (κ1) is 24.4. The van der Waals surface area contributed by atoms with Gasteiger partial charge in [-0.3, -0.25) is 14.2 Å². The molecule has 1 aromatic heterocycles. The molecule has 2 heterocycles. The van der Waals surface area contributed by atoms with E-state index in [9.17, 15) is 18.0 Å². The Labute approximate surface area is 189 Å². The highest BCUT2D eigenvalue weighted by Crippen LogP contribution is 2.37. The molecule has 1 aromatic carbocycles. The van der Waals surface area contributed by atoms with Crippen LogP contribution in [0.25, 0.3) is 0 Å². The van der Waals surface area contributed by atoms with Crippen molar-refractivity contribution in [1.82, 2.24) is 9.36 Å². The second kappa shape index (κ2) is 8.94. The maximum Gasteiger partial charge on any atom is 0.416 e. The molecule has 0 radical (unpaired) electrons. The molecule has 1 fully saturated rings. The highest BCUT2D eigenvalue weighted by atomic mass is 35.5. The predicted octanol–water partition coefficient (Wildman–Crippen LogP) is 4.73. The van der Waals surface area contributed by atoms with E-state index in [-0.39, 0.29) is 27.9 Å². The number of carbonyl (C=O) groups is 1. The Hall–Kier alpha value is -2.26. The minimum atomic E-state index is -4.67. The van der Waals surface area contributed by atoms with Crippen molar-refractivity contribution in [3.8, 4) is 5.75 Å². The van der Waals surface area contributed by atoms with E-state index >= 15 is 0 Å². The Morgan fingerprint density at radius 3 is 2.50 bits per heavy atom. The topological polar surface area (TPSA) is 57.8 Å². The maximum absolute atomic E-state index is 13.3. The molecule has 176 valence electrons. The monoisotopic (exact) mass is 473 g/mol. The van der Waals surface area contributed by atoms with Crippen LogP contribution in [-0.2, 0) is 29.9 Å². The number of methoxy groups -OCH3 is 1. The average Bonchev–Trinajstić information content (AvgIpc) is 3.29. The molecule has 1 saturated heterocycles. The third kappa shape index (κ3) is 5.04. The van der Waals surface area contributed by atoms with Gasteiger partial charge in [0.05, 0.1) is 35.9 Å². The fourth-order valence-corrected chi connectivity index (χ4v) is 4.15. The predicted molar refractivity (Wildman–Crippen MR) is 114 cm³/mol. The van der Waals surface area contributed by atoms with Crippen molar-refractivity contribution in [2.45, 2.75) is 57.9 Å². The van der Waals surface area contributed by atoms with Gasteiger partial charge in [0.1, 0.15) is 5.75 Å². The Morgan fingerprint density at radius 2 is 1.97 bits per heavy atom. The van der Waals surface area contributed by atoms with Crippen molar-refractivity contribution < 1.29 is 27.4 Å². The number of alkyl halides is 3. The summed E-state index contributed by atoms with van der Waals surface area (Å²) in [7, 11) is 3.10. The number of benzene rings is 1. The standard InChI is InChI=1S/C22H27ClF3N3O3/c1-21(2,3)17-11-18(29(28(17)4)12-14-7-6-8-32-14)27-20(30)15-9-13(22(24,25)26)10-16(23)19(15)31-5/h9-11,14H,6-8,12H2,1-5H3/b27-18+/t14-/m1/s1. The summed E-state index contributed by atoms with van der Waals surface area (Å²) < 4.78 is 54.4. The molecular formula is C22H27ClF3N3O3. The van der Waals surface area contributed by atoms with Crippen LogP contribution in [0.15, 0.2) is 23.2 Å². The molecule has 6 nitrogen and oxygen atoms in total. The lowest BCUT2D eigenvalue weighted by atomic mass is 9.92. The summed E-state index contributed by atoms with van der Waals surface area (Å²) in [6.07, 6.45) is -2.86. The van der Waals surface area contributed by atoms with Crippen LogP contribution in [-0.4, -0.2) is 35.1 Å². The molecule has 0 spiro atoms. The van der Waals surface area contributed by atoms with Crippen LogP contribution in [0, 0.1) is 0 Å². The molecule has 1 aliphatic heterocycles. The molecule has 1 atom stereocenters. The van der Waals surface area contributed by atoms with E-state index in [1.54, 1.807) is 6.07 Å². The maximum atomic E-state index is 13.3. The smallest absolute Gasteiger partial charge is 0.416 e. The largest absolute Gasteiger partial charge is 0.494 e. The lowest BCUT2D eigenvalue weighted by Crippen LogP contribution is -2.30. The molecule has 0 aliphatic carbocycles. The zero-order valence-electron chi connectivity index (χ0n) is 18.7. The summed E-state index contributed by atoms with van der Waals surface area (Å²) in [6, 6.07) is 3.22. The number of ether oxygens (including phenoxy) is 2. The second-order valence-corrected chi connectivity index (χ2v) is 9.24. The van der Waals surface area contributed by atoms with Crippen LogP contribution in [0.3, 0.4) is 0 Å². The van der Waals surface area contributed by atoms with E-state index in [0.29, 0.717) is 24.7 Å². The van der Waals surface area contributed by atoms with Crippen molar-refractivity contribution in [2.75, 3.05) is 13.7 Å². The summed E-state index contributed by atoms with van der Waals surface area (Å²) in [6.45, 7) is 7.23. The lowest BCUT2D eigenvalue weighted by molar-refractivity contribution is -0.137. The van der Waals surface area contributed by atoms with Gasteiger partial charge in [0.25, 0.3) is 5.91 Å². The van der Waals surface area contributed by atoms with E-state index < -0.39 is 17.6 Å². The Morgan fingerprint density at radius 1 is 1.28 bits per heavy atom. The lowest BCUT2D eigenvalue weighted by Gasteiger charge is -2.21. The fraction of sp³-hybridized carbons (Fsp3) is 0.545. The first-order valence-electron chi connectivity index (χ1n) is 10.3. The van der Waals surface area contributed by atoms with E-state index in [2.05, 4.69) is 4.99 Å². The van der Waals surface area contributed by atoms with E-state index in [0.717, 1.165) is 24.6 Å². The average molecular weight is 474 g/mol. The number of nitrogens with zero attached hydrogens (tertiary/aromatic N) is 3. The van der Waals surface area contributed by atoms with Crippen LogP contribution in [0.5, 0.6) is 5.75 Å². The number of hydrogen-bond acceptors (Lipinski definition) is 3. The van der Waals surface area contributed by atoms with E-state index in [4.69, 9.17) is 21.1 Å². The molecule has 0 bridgehead atoms. The Bertz CT molecular complexity index is 1080. The summed E-state index contributed by atoms with van der Waals surface area (Å²) in [5.74, 6) is -1.02. The second-order valence-electron chi connectivity index (χ2n) is 8.83. The van der Waals surface area contributed by atoms with E-state index in [1.165, 1.54) is 7.11 Å². The van der Waals surface area contributed by atoms with Gasteiger partial charge in [-0.15, -0.1) is 0 Å². The number of aromatic nitrogens is 2. The van der Waals surface area contributed by atoms with Crippen LogP contribution < -0.4 is 10.2 Å². The summed E-state index contributed by atoms with van der Waals surface area (Å²) in [5, 5.41) is -0.309. The summed E-state index contributed by atoms with van der Waals surface area (Å²) >= 11 is 5.98. The number of carbonyl (C=O) groups excluding carboxylic acids is 1. The van der Waals surface area contributed by atoms with E-state index in [1.807, 2.05) is 37.2 Å². The first-order chi connectivity index (χ1) is 14.8. The van der Waals surface area contributed by atoms with Crippen molar-refractivity contribution >= 4 is 17.5 Å². The highest BCUT2D eigenvalue weighted by molar-refractivity contribution is 6.32. The molecule has 2 aromatic rings. The molecule has 1 aliphatic rings. The molecule has 1 amide bonds. The van der Waals surface area contributed by atoms with Crippen molar-refractivity contribution in [1.29, 1.82) is 0 Å². The van der Waals surface area contributed by atoms with Crippen LogP contribution in [0.1, 0.15) is 55.2 Å². The summed E-state index contributed by atoms with van der Waals surface area (Å²) in [5.41, 5.74) is -0.402. The Balaban J connectivity index is 2.15. The minimum Gasteiger partial charge on any atom is -0.494 e. The number of halogens is 4. The van der Waals surface area contributed by atoms with Gasteiger partial charge in [0.15, 0.2) is 5.49 Å². The summed E-state index contributed by atoms with van der Waals surface area (Å²) in [4.78, 5) is 17.2. The van der Waals surface area contributed by atoms with Gasteiger partial charge < -0.3 is 9.47 Å². The number of rotatable bonds is 4. The van der Waals surface area contributed by atoms with Crippen molar-refractivity contribution in [3.05, 3.63) is 45.5 Å². The molecule has 0 unspecified atom stereocenters. The SMILES string of the molecule is COc1c(Cl)cc(C(F)(F)F)cc1C(=O)/N=c1\cc(C(C)(C)C)n(C)n1C[C@H]1CCCO1. The van der Waals surface area contributed by atoms with Gasteiger partial charge in [-0.25, -0.2) is 0 Å². The van der Waals surface area contributed by atoms with Gasteiger partial charge in [0.2, 0.25) is 0 Å². The van der Waals surface area contributed by atoms with Crippen molar-refractivity contribution in [2.24, 2.45) is 12.0 Å². The molecule has 10 heteroatoms. The van der Waals surface area contributed by atoms with Gasteiger partial charge in [-0.1, -0.05) is 32.4 Å². The van der Waals surface area contributed by atoms with Gasteiger partial charge in [0, 0.05) is 30.8 Å². The number of hydrogen-bond donors (Lipinski definition) is 0. The highest BCUT2D eigenvalue weighted by Gasteiger charge is 2.33. The normalized spacial score (nSPS) is 17.8. The fourth-order valence-electron chi connectivity index (χ4n) is 3.85. The minimum absolute atomic E-state index is 0.0250.